The van der Waals surface area contributed by atoms with E-state index in [2.05, 4.69) is 31.2 Å². The maximum absolute atomic E-state index is 11.3. The summed E-state index contributed by atoms with van der Waals surface area (Å²) < 4.78 is 5.45. The molecule has 0 rings (SSSR count). The molecule has 0 amide bonds. The van der Waals surface area contributed by atoms with Gasteiger partial charge in [0.2, 0.25) is 0 Å². The minimum atomic E-state index is -0.716. The van der Waals surface area contributed by atoms with Crippen molar-refractivity contribution in [3.8, 4) is 0 Å². The van der Waals surface area contributed by atoms with Crippen molar-refractivity contribution < 1.29 is 19.4 Å². The van der Waals surface area contributed by atoms with E-state index < -0.39 is 5.97 Å². The topological polar surface area (TPSA) is 63.6 Å². The van der Waals surface area contributed by atoms with Gasteiger partial charge in [0, 0.05) is 13.3 Å². The van der Waals surface area contributed by atoms with E-state index in [1.165, 1.54) is 32.6 Å². The Balaban J connectivity index is 3.78. The summed E-state index contributed by atoms with van der Waals surface area (Å²) in [6, 6.07) is 0. The number of ether oxygens (including phenoxy) is 1. The molecule has 0 heterocycles. The predicted molar refractivity (Wildman–Crippen MR) is 116 cm³/mol. The smallest absolute Gasteiger partial charge is 0.303 e. The Morgan fingerprint density at radius 2 is 1.43 bits per heavy atom. The zero-order valence-electron chi connectivity index (χ0n) is 18.2. The first-order chi connectivity index (χ1) is 13.6. The number of carboxylic acids is 1. The summed E-state index contributed by atoms with van der Waals surface area (Å²) in [6.45, 7) is 3.70. The Hall–Kier alpha value is -1.58. The van der Waals surface area contributed by atoms with Gasteiger partial charge < -0.3 is 9.84 Å². The van der Waals surface area contributed by atoms with Gasteiger partial charge in [-0.1, -0.05) is 63.3 Å². The summed E-state index contributed by atoms with van der Waals surface area (Å²) in [4.78, 5) is 21.8. The van der Waals surface area contributed by atoms with Crippen molar-refractivity contribution in [3.63, 3.8) is 0 Å². The van der Waals surface area contributed by atoms with Crippen molar-refractivity contribution in [2.75, 3.05) is 0 Å². The average Bonchev–Trinajstić information content (AvgIpc) is 2.64. The molecule has 1 unspecified atom stereocenters. The van der Waals surface area contributed by atoms with Gasteiger partial charge in [-0.05, 0) is 57.8 Å². The predicted octanol–water partition coefficient (Wildman–Crippen LogP) is 6.99. The third-order valence-corrected chi connectivity index (χ3v) is 4.73. The second kappa shape index (κ2) is 20.2. The largest absolute Gasteiger partial charge is 0.481 e. The fourth-order valence-corrected chi connectivity index (χ4v) is 3.16. The molecule has 0 aromatic carbocycles. The standard InChI is InChI=1S/C24H42O4/c1-3-4-5-6-7-8-9-10-11-13-16-19-23(28-22(2)25)20-17-14-12-15-18-21-24(26)27/h7-8,10-11,23H,3-6,9,12-21H2,1-2H3,(H,26,27)/b8-7-,11-10-. The molecule has 0 fully saturated rings. The number of carboxylic acid groups (broad SMARTS) is 1. The molecule has 4 heteroatoms. The Morgan fingerprint density at radius 1 is 0.821 bits per heavy atom. The molecule has 4 nitrogen and oxygen atoms in total. The number of carbonyl (C=O) groups is 2. The lowest BCUT2D eigenvalue weighted by Crippen LogP contribution is -2.16. The van der Waals surface area contributed by atoms with Gasteiger partial charge in [-0.15, -0.1) is 0 Å². The van der Waals surface area contributed by atoms with Crippen molar-refractivity contribution in [1.82, 2.24) is 0 Å². The molecule has 1 atom stereocenters. The highest BCUT2D eigenvalue weighted by Gasteiger charge is 2.11. The van der Waals surface area contributed by atoms with Crippen LogP contribution in [-0.4, -0.2) is 23.1 Å². The van der Waals surface area contributed by atoms with Crippen LogP contribution in [0.4, 0.5) is 0 Å². The van der Waals surface area contributed by atoms with Crippen LogP contribution in [0.15, 0.2) is 24.3 Å². The van der Waals surface area contributed by atoms with Crippen molar-refractivity contribution in [3.05, 3.63) is 24.3 Å². The van der Waals surface area contributed by atoms with E-state index >= 15 is 0 Å². The van der Waals surface area contributed by atoms with Crippen LogP contribution >= 0.6 is 0 Å². The van der Waals surface area contributed by atoms with Gasteiger partial charge in [0.25, 0.3) is 0 Å². The lowest BCUT2D eigenvalue weighted by Gasteiger charge is -2.16. The molecular weight excluding hydrogens is 352 g/mol. The highest BCUT2D eigenvalue weighted by Crippen LogP contribution is 2.15. The Labute approximate surface area is 172 Å². The van der Waals surface area contributed by atoms with Crippen LogP contribution in [0.25, 0.3) is 0 Å². The quantitative estimate of drug-likeness (QED) is 0.146. The van der Waals surface area contributed by atoms with E-state index in [1.807, 2.05) is 0 Å². The molecule has 0 aromatic heterocycles. The van der Waals surface area contributed by atoms with Gasteiger partial charge in [0.1, 0.15) is 6.10 Å². The maximum Gasteiger partial charge on any atom is 0.303 e. The fourth-order valence-electron chi connectivity index (χ4n) is 3.16. The molecule has 162 valence electrons. The van der Waals surface area contributed by atoms with E-state index in [1.54, 1.807) is 0 Å². The molecule has 0 spiro atoms. The summed E-state index contributed by atoms with van der Waals surface area (Å²) in [7, 11) is 0. The van der Waals surface area contributed by atoms with Gasteiger partial charge in [-0.3, -0.25) is 9.59 Å². The first kappa shape index (κ1) is 26.4. The van der Waals surface area contributed by atoms with Gasteiger partial charge in [-0.2, -0.15) is 0 Å². The first-order valence-electron chi connectivity index (χ1n) is 11.2. The summed E-state index contributed by atoms with van der Waals surface area (Å²) in [5.74, 6) is -0.915. The van der Waals surface area contributed by atoms with E-state index in [4.69, 9.17) is 9.84 Å². The number of aliphatic carboxylic acids is 1. The van der Waals surface area contributed by atoms with Crippen LogP contribution < -0.4 is 0 Å². The van der Waals surface area contributed by atoms with Crippen LogP contribution in [0.2, 0.25) is 0 Å². The average molecular weight is 395 g/mol. The third kappa shape index (κ3) is 20.7. The number of hydrogen-bond acceptors (Lipinski definition) is 3. The van der Waals surface area contributed by atoms with Gasteiger partial charge >= 0.3 is 11.9 Å². The van der Waals surface area contributed by atoms with Gasteiger partial charge in [0.15, 0.2) is 0 Å². The van der Waals surface area contributed by atoms with Crippen molar-refractivity contribution >= 4 is 11.9 Å². The van der Waals surface area contributed by atoms with E-state index in [0.717, 1.165) is 64.2 Å². The third-order valence-electron chi connectivity index (χ3n) is 4.73. The first-order valence-corrected chi connectivity index (χ1v) is 11.2. The minimum Gasteiger partial charge on any atom is -0.481 e. The molecule has 1 N–H and O–H groups in total. The molecule has 28 heavy (non-hydrogen) atoms. The summed E-state index contributed by atoms with van der Waals surface area (Å²) >= 11 is 0. The van der Waals surface area contributed by atoms with Gasteiger partial charge in [0.05, 0.1) is 0 Å². The molecule has 0 aliphatic rings. The normalized spacial score (nSPS) is 12.6. The Kier molecular flexibility index (Phi) is 19.0. The summed E-state index contributed by atoms with van der Waals surface area (Å²) in [6.07, 6.45) is 24.0. The SMILES string of the molecule is CCCCC/C=C\C/C=C\CCCC(CCCCCCCC(=O)O)OC(C)=O. The van der Waals surface area contributed by atoms with E-state index in [9.17, 15) is 9.59 Å². The molecule has 0 aliphatic heterocycles. The van der Waals surface area contributed by atoms with Crippen LogP contribution in [0.5, 0.6) is 0 Å². The van der Waals surface area contributed by atoms with Gasteiger partial charge in [-0.25, -0.2) is 0 Å². The zero-order valence-corrected chi connectivity index (χ0v) is 18.2. The molecule has 0 bridgehead atoms. The maximum atomic E-state index is 11.3. The monoisotopic (exact) mass is 394 g/mol. The summed E-state index contributed by atoms with van der Waals surface area (Å²) in [5, 5.41) is 8.62. The Bertz CT molecular complexity index is 440. The minimum absolute atomic E-state index is 0.0170. The highest BCUT2D eigenvalue weighted by molar-refractivity contribution is 5.66. The van der Waals surface area contributed by atoms with Crippen molar-refractivity contribution in [2.24, 2.45) is 0 Å². The molecule has 0 saturated carbocycles. The number of allylic oxidation sites excluding steroid dienone is 4. The fraction of sp³-hybridized carbons (Fsp3) is 0.750. The lowest BCUT2D eigenvalue weighted by atomic mass is 10.0. The molecule has 0 aliphatic carbocycles. The highest BCUT2D eigenvalue weighted by atomic mass is 16.5. The summed E-state index contributed by atoms with van der Waals surface area (Å²) in [5.41, 5.74) is 0. The Morgan fingerprint density at radius 3 is 2.07 bits per heavy atom. The molecule has 0 radical (unpaired) electrons. The van der Waals surface area contributed by atoms with Crippen LogP contribution in [0.3, 0.4) is 0 Å². The van der Waals surface area contributed by atoms with E-state index in [-0.39, 0.29) is 18.5 Å². The molecule has 0 aromatic rings. The van der Waals surface area contributed by atoms with Crippen LogP contribution in [-0.2, 0) is 14.3 Å². The van der Waals surface area contributed by atoms with Crippen LogP contribution in [0, 0.1) is 0 Å². The second-order valence-electron chi connectivity index (χ2n) is 7.54. The number of esters is 1. The number of carbonyl (C=O) groups excluding carboxylic acids is 1. The second-order valence-corrected chi connectivity index (χ2v) is 7.54. The van der Waals surface area contributed by atoms with Crippen molar-refractivity contribution in [2.45, 2.75) is 116 Å². The lowest BCUT2D eigenvalue weighted by molar-refractivity contribution is -0.147. The number of unbranched alkanes of at least 4 members (excludes halogenated alkanes) is 8. The van der Waals surface area contributed by atoms with E-state index in [0.29, 0.717) is 0 Å². The molecule has 0 saturated heterocycles. The zero-order chi connectivity index (χ0) is 20.9. The number of hydrogen-bond donors (Lipinski definition) is 1. The molecular formula is C24H42O4. The van der Waals surface area contributed by atoms with Crippen LogP contribution in [0.1, 0.15) is 110 Å². The number of rotatable bonds is 19. The van der Waals surface area contributed by atoms with Crippen molar-refractivity contribution in [1.29, 1.82) is 0 Å².